The van der Waals surface area contributed by atoms with E-state index >= 15 is 0 Å². The van der Waals surface area contributed by atoms with Crippen LogP contribution in [0.25, 0.3) is 0 Å². The zero-order chi connectivity index (χ0) is 15.8. The number of hydrogen-bond acceptors (Lipinski definition) is 5. The fourth-order valence-corrected chi connectivity index (χ4v) is 2.92. The predicted molar refractivity (Wildman–Crippen MR) is 77.5 cm³/mol. The molecule has 2 N–H and O–H groups in total. The normalized spacial score (nSPS) is 18.3. The molecule has 1 fully saturated rings. The van der Waals surface area contributed by atoms with Gasteiger partial charge in [-0.1, -0.05) is 0 Å². The molecule has 1 heterocycles. The maximum atomic E-state index is 11.9. The molecule has 21 heavy (non-hydrogen) atoms. The van der Waals surface area contributed by atoms with Crippen molar-refractivity contribution in [2.24, 2.45) is 5.92 Å². The van der Waals surface area contributed by atoms with E-state index in [1.165, 1.54) is 32.4 Å². The number of carboxylic acids is 1. The van der Waals surface area contributed by atoms with Crippen LogP contribution in [0.5, 0.6) is 0 Å². The standard InChI is InChI=1S/C13H19N3O4S/c1-13(12(17)18,9-4-5-9)15-11-7-6-10(8-14-11)21(19,20)16(2)3/h6-9H,4-5H2,1-3H3,(H,14,15)(H,17,18). The van der Waals surface area contributed by atoms with Crippen molar-refractivity contribution in [1.82, 2.24) is 9.29 Å². The van der Waals surface area contributed by atoms with Gasteiger partial charge in [0.15, 0.2) is 0 Å². The van der Waals surface area contributed by atoms with Crippen LogP contribution in [0.3, 0.4) is 0 Å². The average molecular weight is 313 g/mol. The average Bonchev–Trinajstić information content (AvgIpc) is 3.23. The molecule has 1 atom stereocenters. The van der Waals surface area contributed by atoms with Gasteiger partial charge < -0.3 is 10.4 Å². The fourth-order valence-electron chi connectivity index (χ4n) is 2.07. The smallest absolute Gasteiger partial charge is 0.329 e. The van der Waals surface area contributed by atoms with Crippen molar-refractivity contribution >= 4 is 21.8 Å². The van der Waals surface area contributed by atoms with Crippen molar-refractivity contribution in [1.29, 1.82) is 0 Å². The van der Waals surface area contributed by atoms with Gasteiger partial charge in [0.25, 0.3) is 0 Å². The maximum absolute atomic E-state index is 11.9. The number of nitrogens with one attached hydrogen (secondary N) is 1. The van der Waals surface area contributed by atoms with E-state index in [9.17, 15) is 18.3 Å². The van der Waals surface area contributed by atoms with Crippen molar-refractivity contribution in [3.8, 4) is 0 Å². The minimum Gasteiger partial charge on any atom is -0.480 e. The van der Waals surface area contributed by atoms with Gasteiger partial charge in [-0.05, 0) is 37.8 Å². The lowest BCUT2D eigenvalue weighted by Crippen LogP contribution is -2.45. The molecule has 0 spiro atoms. The van der Waals surface area contributed by atoms with E-state index in [2.05, 4.69) is 10.3 Å². The largest absolute Gasteiger partial charge is 0.480 e. The molecular weight excluding hydrogens is 294 g/mol. The minimum absolute atomic E-state index is 0.0708. The van der Waals surface area contributed by atoms with Crippen LogP contribution >= 0.6 is 0 Å². The second-order valence-electron chi connectivity index (χ2n) is 5.57. The van der Waals surface area contributed by atoms with Crippen molar-refractivity contribution in [2.45, 2.75) is 30.2 Å². The summed E-state index contributed by atoms with van der Waals surface area (Å²) in [5.41, 5.74) is -1.07. The summed E-state index contributed by atoms with van der Waals surface area (Å²) in [5.74, 6) is -0.511. The van der Waals surface area contributed by atoms with E-state index in [-0.39, 0.29) is 10.8 Å². The Bertz CT molecular complexity index is 638. The minimum atomic E-state index is -3.53. The summed E-state index contributed by atoms with van der Waals surface area (Å²) in [6.45, 7) is 1.62. The molecule has 1 aliphatic rings. The van der Waals surface area contributed by atoms with Gasteiger partial charge in [0.05, 0.1) is 0 Å². The van der Waals surface area contributed by atoms with Crippen LogP contribution in [0.1, 0.15) is 19.8 Å². The van der Waals surface area contributed by atoms with Gasteiger partial charge in [-0.3, -0.25) is 0 Å². The van der Waals surface area contributed by atoms with Gasteiger partial charge in [0.1, 0.15) is 16.3 Å². The third-order valence-electron chi connectivity index (χ3n) is 3.74. The molecule has 7 nitrogen and oxygen atoms in total. The molecule has 1 aromatic rings. The number of hydrogen-bond donors (Lipinski definition) is 2. The molecular formula is C13H19N3O4S. The number of carbonyl (C=O) groups is 1. The molecule has 116 valence electrons. The molecule has 8 heteroatoms. The first kappa shape index (κ1) is 15.7. The van der Waals surface area contributed by atoms with Crippen molar-refractivity contribution in [2.75, 3.05) is 19.4 Å². The molecule has 1 aromatic heterocycles. The first-order valence-corrected chi connectivity index (χ1v) is 8.02. The highest BCUT2D eigenvalue weighted by Crippen LogP contribution is 2.41. The molecule has 0 aliphatic heterocycles. The van der Waals surface area contributed by atoms with Gasteiger partial charge in [-0.2, -0.15) is 0 Å². The van der Waals surface area contributed by atoms with Gasteiger partial charge in [0.2, 0.25) is 10.0 Å². The molecule has 0 amide bonds. The second kappa shape index (κ2) is 5.27. The molecule has 0 radical (unpaired) electrons. The van der Waals surface area contributed by atoms with E-state index < -0.39 is 21.5 Å². The zero-order valence-corrected chi connectivity index (χ0v) is 13.0. The van der Waals surface area contributed by atoms with Crippen LogP contribution < -0.4 is 5.32 Å². The predicted octanol–water partition coefficient (Wildman–Crippen LogP) is 0.997. The third kappa shape index (κ3) is 3.01. The summed E-state index contributed by atoms with van der Waals surface area (Å²) in [5, 5.41) is 12.3. The third-order valence-corrected chi connectivity index (χ3v) is 5.54. The molecule has 1 unspecified atom stereocenters. The van der Waals surface area contributed by atoms with Crippen molar-refractivity contribution in [3.63, 3.8) is 0 Å². The highest BCUT2D eigenvalue weighted by molar-refractivity contribution is 7.89. The van der Waals surface area contributed by atoms with Crippen LogP contribution in [0, 0.1) is 5.92 Å². The number of aromatic nitrogens is 1. The lowest BCUT2D eigenvalue weighted by atomic mass is 9.96. The molecule has 2 rings (SSSR count). The van der Waals surface area contributed by atoms with Gasteiger partial charge >= 0.3 is 5.97 Å². The Morgan fingerprint density at radius 3 is 2.43 bits per heavy atom. The first-order chi connectivity index (χ1) is 9.68. The number of nitrogens with zero attached hydrogens (tertiary/aromatic N) is 2. The van der Waals surface area contributed by atoms with Gasteiger partial charge in [0, 0.05) is 20.3 Å². The summed E-state index contributed by atoms with van der Waals surface area (Å²) in [6.07, 6.45) is 2.96. The van der Waals surface area contributed by atoms with E-state index in [4.69, 9.17) is 0 Å². The Kier molecular flexibility index (Phi) is 3.94. The molecule has 0 bridgehead atoms. The molecule has 1 aliphatic carbocycles. The Hall–Kier alpha value is -1.67. The number of carboxylic acid groups (broad SMARTS) is 1. The topological polar surface area (TPSA) is 99.6 Å². The van der Waals surface area contributed by atoms with E-state index in [0.717, 1.165) is 17.1 Å². The summed E-state index contributed by atoms with van der Waals surface area (Å²) in [7, 11) is -0.650. The fraction of sp³-hybridized carbons (Fsp3) is 0.538. The van der Waals surface area contributed by atoms with Gasteiger partial charge in [-0.15, -0.1) is 0 Å². The van der Waals surface area contributed by atoms with Crippen LogP contribution in [-0.2, 0) is 14.8 Å². The summed E-state index contributed by atoms with van der Waals surface area (Å²) in [4.78, 5) is 15.5. The SMILES string of the molecule is CN(C)S(=O)(=O)c1ccc(NC(C)(C(=O)O)C2CC2)nc1. The summed E-state index contributed by atoms with van der Waals surface area (Å²) < 4.78 is 25.0. The maximum Gasteiger partial charge on any atom is 0.329 e. The van der Waals surface area contributed by atoms with Crippen LogP contribution in [0.2, 0.25) is 0 Å². The Balaban J connectivity index is 2.22. The molecule has 1 saturated carbocycles. The van der Waals surface area contributed by atoms with Crippen LogP contribution in [0.15, 0.2) is 23.2 Å². The van der Waals surface area contributed by atoms with Crippen molar-refractivity contribution < 1.29 is 18.3 Å². The van der Waals surface area contributed by atoms with E-state index in [0.29, 0.717) is 5.82 Å². The quantitative estimate of drug-likeness (QED) is 0.812. The van der Waals surface area contributed by atoms with Crippen molar-refractivity contribution in [3.05, 3.63) is 18.3 Å². The Morgan fingerprint density at radius 2 is 2.05 bits per heavy atom. The number of pyridine rings is 1. The highest BCUT2D eigenvalue weighted by Gasteiger charge is 2.47. The van der Waals surface area contributed by atoms with Gasteiger partial charge in [-0.25, -0.2) is 22.5 Å². The summed E-state index contributed by atoms with van der Waals surface area (Å²) >= 11 is 0. The summed E-state index contributed by atoms with van der Waals surface area (Å²) in [6, 6.07) is 2.90. The number of anilines is 1. The lowest BCUT2D eigenvalue weighted by molar-refractivity contribution is -0.142. The monoisotopic (exact) mass is 313 g/mol. The lowest BCUT2D eigenvalue weighted by Gasteiger charge is -2.26. The first-order valence-electron chi connectivity index (χ1n) is 6.58. The molecule has 0 saturated heterocycles. The number of aliphatic carboxylic acids is 1. The Labute approximate surface area is 124 Å². The number of rotatable bonds is 6. The van der Waals surface area contributed by atoms with Crippen LogP contribution in [0.4, 0.5) is 5.82 Å². The number of sulfonamides is 1. The van der Waals surface area contributed by atoms with E-state index in [1.54, 1.807) is 6.92 Å². The second-order valence-corrected chi connectivity index (χ2v) is 7.73. The Morgan fingerprint density at radius 1 is 1.43 bits per heavy atom. The molecule has 0 aromatic carbocycles. The highest BCUT2D eigenvalue weighted by atomic mass is 32.2. The van der Waals surface area contributed by atoms with Crippen LogP contribution in [-0.4, -0.2) is 48.4 Å². The zero-order valence-electron chi connectivity index (χ0n) is 12.2. The van der Waals surface area contributed by atoms with E-state index in [1.807, 2.05) is 0 Å².